The van der Waals surface area contributed by atoms with Gasteiger partial charge in [0.15, 0.2) is 0 Å². The van der Waals surface area contributed by atoms with Crippen molar-refractivity contribution in [1.82, 2.24) is 0 Å². The minimum atomic E-state index is -0.935. The number of allylic oxidation sites excluding steroid dienone is 3. The van der Waals surface area contributed by atoms with Crippen LogP contribution in [0.4, 0.5) is 0 Å². The van der Waals surface area contributed by atoms with Crippen molar-refractivity contribution in [2.45, 2.75) is 37.2 Å². The van der Waals surface area contributed by atoms with Crippen LogP contribution >= 0.6 is 0 Å². The first-order chi connectivity index (χ1) is 12.9. The number of rotatable bonds is 4. The van der Waals surface area contributed by atoms with Crippen molar-refractivity contribution in [2.75, 3.05) is 0 Å². The maximum Gasteiger partial charge on any atom is -0.412 e. The maximum absolute atomic E-state index is 9.60. The molecule has 159 valence electrons. The predicted molar refractivity (Wildman–Crippen MR) is 117 cm³/mol. The van der Waals surface area contributed by atoms with E-state index in [9.17, 15) is 14.7 Å². The van der Waals surface area contributed by atoms with E-state index >= 15 is 0 Å². The van der Waals surface area contributed by atoms with Crippen LogP contribution in [0.25, 0.3) is 0 Å². The number of carbonyl (C=O) groups is 2. The van der Waals surface area contributed by atoms with Crippen LogP contribution in [0.3, 0.4) is 0 Å². The van der Waals surface area contributed by atoms with Crippen molar-refractivity contribution in [2.24, 2.45) is 0 Å². The Labute approximate surface area is 183 Å². The van der Waals surface area contributed by atoms with Crippen molar-refractivity contribution in [1.29, 1.82) is 0 Å². The van der Waals surface area contributed by atoms with Crippen LogP contribution in [0.1, 0.15) is 33.3 Å². The summed E-state index contributed by atoms with van der Waals surface area (Å²) in [5.74, 6) is -1.53. The van der Waals surface area contributed by atoms with Crippen molar-refractivity contribution in [3.05, 3.63) is 75.6 Å². The number of carboxylic acid groups (broad SMARTS) is 2. The molecule has 1 aliphatic rings. The van der Waals surface area contributed by atoms with Crippen LogP contribution in [0, 0.1) is 0 Å². The van der Waals surface area contributed by atoms with Crippen LogP contribution in [0.2, 0.25) is 4.13 Å². The van der Waals surface area contributed by atoms with Gasteiger partial charge in [-0.25, -0.2) is 9.59 Å². The van der Waals surface area contributed by atoms with Crippen LogP contribution < -0.4 is 0 Å². The van der Waals surface area contributed by atoms with Gasteiger partial charge in [-0.2, -0.15) is 0 Å². The molecule has 2 rings (SSSR count). The first kappa shape index (κ1) is 29.0. The summed E-state index contributed by atoms with van der Waals surface area (Å²) in [7, 11) is 0. The van der Waals surface area contributed by atoms with Gasteiger partial charge in [0.1, 0.15) is 0 Å². The van der Waals surface area contributed by atoms with Gasteiger partial charge in [0.25, 0.3) is 0 Å². The predicted octanol–water partition coefficient (Wildman–Crippen LogP) is 3.72. The molecule has 29 heavy (non-hydrogen) atoms. The molecule has 0 aliphatic carbocycles. The number of hydrogen-bond acceptors (Lipinski definition) is 3. The number of phenols is 1. The smallest absolute Gasteiger partial charge is 0.412 e. The summed E-state index contributed by atoms with van der Waals surface area (Å²) in [5, 5.41) is 25.1. The van der Waals surface area contributed by atoms with Crippen LogP contribution in [-0.4, -0.2) is 56.0 Å². The minimum absolute atomic E-state index is 0. The molecule has 7 heteroatoms. The topological polar surface area (TPSA) is 126 Å². The fourth-order valence-corrected chi connectivity index (χ4v) is 4.60. The largest absolute Gasteiger partial charge is 0.412 e. The Morgan fingerprint density at radius 3 is 1.72 bits per heavy atom. The number of aliphatic carboxylic acids is 2. The quantitative estimate of drug-likeness (QED) is 0.360. The van der Waals surface area contributed by atoms with Crippen LogP contribution in [-0.2, 0) is 15.0 Å². The molecule has 0 fully saturated rings. The van der Waals surface area contributed by atoms with Gasteiger partial charge < -0.3 is 15.7 Å². The second kappa shape index (κ2) is 13.9. The van der Waals surface area contributed by atoms with Gasteiger partial charge in [0, 0.05) is 11.1 Å². The third kappa shape index (κ3) is 11.4. The molecule has 0 aromatic heterocycles. The Morgan fingerprint density at radius 1 is 1.00 bits per heavy atom. The fourth-order valence-electron chi connectivity index (χ4n) is 1.92. The zero-order valence-corrected chi connectivity index (χ0v) is 20.7. The molecule has 0 spiro atoms. The van der Waals surface area contributed by atoms with Gasteiger partial charge in [-0.05, 0) is 13.8 Å². The minimum Gasteiger partial charge on any atom is -0.412 e. The third-order valence-electron chi connectivity index (χ3n) is 3.82. The van der Waals surface area contributed by atoms with E-state index in [1.807, 2.05) is 12.1 Å². The van der Waals surface area contributed by atoms with E-state index in [4.69, 9.17) is 10.2 Å². The van der Waals surface area contributed by atoms with E-state index in [0.717, 1.165) is 0 Å². The monoisotopic (exact) mass is 599 g/mol. The van der Waals surface area contributed by atoms with Gasteiger partial charge in [-0.1, -0.05) is 13.2 Å². The van der Waals surface area contributed by atoms with Gasteiger partial charge in [0.05, 0.1) is 0 Å². The summed E-state index contributed by atoms with van der Waals surface area (Å²) in [4.78, 5) is 19.2. The van der Waals surface area contributed by atoms with Gasteiger partial charge >= 0.3 is 121 Å². The Hall–Kier alpha value is -2.24. The molecular formula is C22H30BiO6. The molecule has 1 aliphatic heterocycles. The summed E-state index contributed by atoms with van der Waals surface area (Å²) in [6.45, 7) is 13.7. The van der Waals surface area contributed by atoms with Crippen molar-refractivity contribution in [3.63, 3.8) is 0 Å². The fraction of sp³-hybridized carbons (Fsp3) is 0.273. The molecule has 0 saturated carbocycles. The summed E-state index contributed by atoms with van der Waals surface area (Å²) < 4.78 is 3.73. The van der Waals surface area contributed by atoms with Gasteiger partial charge in [-0.15, -0.1) is 0 Å². The number of hydrogen-bond donors (Lipinski definition) is 3. The standard InChI is InChI=1S/C14H16O.2C4H6O2.Bi.H2O/c1-5-11(6-2)14(3,4)12-7-9-13(15)10-8-12;2*1-3(2)4(5)6;;/h1,5-10,15H,2H2,3-4H3;2*1H2,2H3,(H,5,6);;1H2. The number of carboxylic acids is 2. The normalized spacial score (nSPS) is 11.9. The zero-order valence-electron chi connectivity index (χ0n) is 17.3. The molecule has 0 bridgehead atoms. The number of benzene rings is 1. The first-order valence-corrected chi connectivity index (χ1v) is 13.0. The molecule has 0 saturated heterocycles. The Balaban J connectivity index is 0. The Kier molecular flexibility index (Phi) is 13.8. The van der Waals surface area contributed by atoms with E-state index in [2.05, 4.69) is 42.9 Å². The van der Waals surface area contributed by atoms with E-state index in [1.54, 1.807) is 12.1 Å². The van der Waals surface area contributed by atoms with Crippen LogP contribution in [0.5, 0.6) is 5.75 Å². The van der Waals surface area contributed by atoms with Gasteiger partial charge in [-0.3, -0.25) is 0 Å². The van der Waals surface area contributed by atoms with E-state index in [0.29, 0.717) is 5.75 Å². The molecule has 1 aromatic carbocycles. The molecule has 0 amide bonds. The second-order valence-electron chi connectivity index (χ2n) is 6.68. The maximum atomic E-state index is 9.60. The first-order valence-electron chi connectivity index (χ1n) is 8.50. The summed E-state index contributed by atoms with van der Waals surface area (Å²) in [6.07, 6.45) is 4.69. The van der Waals surface area contributed by atoms with Crippen molar-refractivity contribution < 1.29 is 30.4 Å². The number of aromatic hydroxyl groups is 1. The molecule has 5 N–H and O–H groups in total. The third-order valence-corrected chi connectivity index (χ3v) is 6.75. The average molecular weight is 599 g/mol. The molecule has 0 unspecified atom stereocenters. The Morgan fingerprint density at radius 2 is 1.41 bits per heavy atom. The molecule has 1 aromatic rings. The van der Waals surface area contributed by atoms with E-state index < -0.39 is 11.9 Å². The van der Waals surface area contributed by atoms with Crippen molar-refractivity contribution >= 4 is 35.2 Å². The molecule has 1 radical (unpaired) electrons. The van der Waals surface area contributed by atoms with E-state index in [-0.39, 0.29) is 45.3 Å². The molecular weight excluding hydrogens is 569 g/mol. The summed E-state index contributed by atoms with van der Waals surface area (Å²) in [5.41, 5.74) is 3.07. The summed E-state index contributed by atoms with van der Waals surface area (Å²) in [6, 6.07) is 7.56. The molecule has 6 nitrogen and oxygen atoms in total. The van der Waals surface area contributed by atoms with Crippen molar-refractivity contribution in [3.8, 4) is 5.75 Å². The Bertz CT molecular complexity index is 725. The molecule has 0 atom stereocenters. The number of phenolic OH excluding ortho intramolecular Hbond substituents is 1. The van der Waals surface area contributed by atoms with Gasteiger partial charge in [0.2, 0.25) is 0 Å². The zero-order chi connectivity index (χ0) is 21.9. The summed E-state index contributed by atoms with van der Waals surface area (Å²) >= 11 is -0.298. The average Bonchev–Trinajstić information content (AvgIpc) is 2.63. The molecule has 1 heterocycles. The van der Waals surface area contributed by atoms with Crippen LogP contribution in [0.15, 0.2) is 70.1 Å². The SMILES string of the molecule is C=C(C)C(=O)O.C=C(C)C(=O)O.CC(C)(C1=C[CH2][Bi][CH]=C1)c1ccc(O)cc1.O. The second-order valence-corrected chi connectivity index (χ2v) is 10.7. The van der Waals surface area contributed by atoms with E-state index in [1.165, 1.54) is 29.1 Å².